The van der Waals surface area contributed by atoms with E-state index < -0.39 is 6.10 Å². The van der Waals surface area contributed by atoms with Gasteiger partial charge in [0.2, 0.25) is 6.54 Å². The van der Waals surface area contributed by atoms with Gasteiger partial charge < -0.3 is 5.11 Å². The lowest BCUT2D eigenvalue weighted by Gasteiger charge is -2.23. The lowest BCUT2D eigenvalue weighted by Crippen LogP contribution is -2.30. The van der Waals surface area contributed by atoms with Crippen molar-refractivity contribution in [3.05, 3.63) is 10.1 Å². The van der Waals surface area contributed by atoms with Gasteiger partial charge in [-0.15, -0.1) is 0 Å². The van der Waals surface area contributed by atoms with Crippen molar-refractivity contribution in [1.29, 1.82) is 0 Å². The smallest absolute Gasteiger partial charge is 0.209 e. The monoisotopic (exact) mass is 159 g/mol. The van der Waals surface area contributed by atoms with Crippen molar-refractivity contribution in [3.63, 3.8) is 0 Å². The molecule has 1 rings (SSSR count). The third-order valence-corrected chi connectivity index (χ3v) is 2.25. The van der Waals surface area contributed by atoms with Crippen molar-refractivity contribution < 1.29 is 10.0 Å². The van der Waals surface area contributed by atoms with Crippen molar-refractivity contribution in [2.75, 3.05) is 6.54 Å². The molecule has 0 amide bonds. The summed E-state index contributed by atoms with van der Waals surface area (Å²) in [4.78, 5) is 9.77. The number of aliphatic hydroxyl groups is 1. The molecule has 2 unspecified atom stereocenters. The second kappa shape index (κ2) is 3.67. The van der Waals surface area contributed by atoms with E-state index in [1.807, 2.05) is 0 Å². The molecule has 64 valence electrons. The van der Waals surface area contributed by atoms with Crippen LogP contribution in [0, 0.1) is 16.0 Å². The molecule has 1 saturated carbocycles. The van der Waals surface area contributed by atoms with E-state index in [4.69, 9.17) is 0 Å². The summed E-state index contributed by atoms with van der Waals surface area (Å²) in [6.07, 6.45) is 3.14. The highest BCUT2D eigenvalue weighted by Gasteiger charge is 2.26. The number of aliphatic hydroxyl groups excluding tert-OH is 1. The van der Waals surface area contributed by atoms with Gasteiger partial charge >= 0.3 is 0 Å². The molecule has 1 aliphatic carbocycles. The van der Waals surface area contributed by atoms with Crippen molar-refractivity contribution in [2.24, 2.45) is 5.92 Å². The Balaban J connectivity index is 2.35. The molecule has 11 heavy (non-hydrogen) atoms. The molecular formula is C7H13NO3. The number of hydrogen-bond donors (Lipinski definition) is 1. The maximum atomic E-state index is 10.1. The number of hydrogen-bond acceptors (Lipinski definition) is 3. The number of nitrogens with zero attached hydrogens (tertiary/aromatic N) is 1. The summed E-state index contributed by atoms with van der Waals surface area (Å²) in [7, 11) is 0. The van der Waals surface area contributed by atoms with Gasteiger partial charge in [0.1, 0.15) is 0 Å². The van der Waals surface area contributed by atoms with Crippen molar-refractivity contribution in [2.45, 2.75) is 31.8 Å². The molecule has 4 heteroatoms. The van der Waals surface area contributed by atoms with Crippen LogP contribution in [-0.4, -0.2) is 22.7 Å². The van der Waals surface area contributed by atoms with Crippen LogP contribution >= 0.6 is 0 Å². The second-order valence-corrected chi connectivity index (χ2v) is 3.13. The lowest BCUT2D eigenvalue weighted by atomic mass is 9.87. The van der Waals surface area contributed by atoms with Gasteiger partial charge in [-0.2, -0.15) is 0 Å². The molecule has 0 radical (unpaired) electrons. The Morgan fingerprint density at radius 3 is 2.64 bits per heavy atom. The van der Waals surface area contributed by atoms with Crippen LogP contribution in [0.15, 0.2) is 0 Å². The van der Waals surface area contributed by atoms with Crippen LogP contribution in [0.5, 0.6) is 0 Å². The summed E-state index contributed by atoms with van der Waals surface area (Å²) in [5.41, 5.74) is 0. The van der Waals surface area contributed by atoms with Crippen LogP contribution in [0.4, 0.5) is 0 Å². The zero-order valence-electron chi connectivity index (χ0n) is 6.40. The quantitative estimate of drug-likeness (QED) is 0.479. The third-order valence-electron chi connectivity index (χ3n) is 2.25. The van der Waals surface area contributed by atoms with E-state index >= 15 is 0 Å². The largest absolute Gasteiger partial charge is 0.393 e. The van der Waals surface area contributed by atoms with Gasteiger partial charge in [-0.1, -0.05) is 12.8 Å². The van der Waals surface area contributed by atoms with E-state index in [-0.39, 0.29) is 17.4 Å². The molecule has 0 spiro atoms. The average Bonchev–Trinajstić information content (AvgIpc) is 1.93. The molecule has 2 atom stereocenters. The maximum absolute atomic E-state index is 10.1. The molecule has 0 saturated heterocycles. The van der Waals surface area contributed by atoms with Crippen molar-refractivity contribution in [3.8, 4) is 0 Å². The van der Waals surface area contributed by atoms with Crippen molar-refractivity contribution >= 4 is 0 Å². The summed E-state index contributed by atoms with van der Waals surface area (Å²) in [6.45, 7) is -0.0683. The molecular weight excluding hydrogens is 146 g/mol. The first-order valence-corrected chi connectivity index (χ1v) is 4.00. The van der Waals surface area contributed by atoms with Gasteiger partial charge in [0.25, 0.3) is 0 Å². The van der Waals surface area contributed by atoms with Gasteiger partial charge in [0.15, 0.2) is 0 Å². The van der Waals surface area contributed by atoms with Crippen LogP contribution < -0.4 is 0 Å². The summed E-state index contributed by atoms with van der Waals surface area (Å²) in [5, 5.41) is 19.4. The fraction of sp³-hybridized carbons (Fsp3) is 1.00. The standard InChI is InChI=1S/C7H13NO3/c9-7-4-2-1-3-6(7)5-8(10)11/h6-7,9H,1-5H2. The van der Waals surface area contributed by atoms with E-state index in [9.17, 15) is 15.2 Å². The van der Waals surface area contributed by atoms with E-state index in [1.165, 1.54) is 0 Å². The molecule has 0 bridgehead atoms. The van der Waals surface area contributed by atoms with Gasteiger partial charge in [0, 0.05) is 10.8 Å². The summed E-state index contributed by atoms with van der Waals surface area (Å²) in [5.74, 6) is -0.0984. The molecule has 0 aromatic heterocycles. The number of nitro groups is 1. The summed E-state index contributed by atoms with van der Waals surface area (Å²) >= 11 is 0. The van der Waals surface area contributed by atoms with Crippen molar-refractivity contribution in [1.82, 2.24) is 0 Å². The highest BCUT2D eigenvalue weighted by atomic mass is 16.6. The Morgan fingerprint density at radius 2 is 2.09 bits per heavy atom. The summed E-state index contributed by atoms with van der Waals surface area (Å²) in [6, 6.07) is 0. The number of rotatable bonds is 2. The third kappa shape index (κ3) is 2.46. The maximum Gasteiger partial charge on any atom is 0.209 e. The van der Waals surface area contributed by atoms with E-state index in [0.717, 1.165) is 25.7 Å². The van der Waals surface area contributed by atoms with Crippen LogP contribution in [0.1, 0.15) is 25.7 Å². The Bertz CT molecular complexity index is 149. The van der Waals surface area contributed by atoms with Gasteiger partial charge in [-0.3, -0.25) is 10.1 Å². The Morgan fingerprint density at radius 1 is 1.45 bits per heavy atom. The van der Waals surface area contributed by atoms with E-state index in [0.29, 0.717) is 0 Å². The Kier molecular flexibility index (Phi) is 2.82. The first-order chi connectivity index (χ1) is 5.20. The zero-order valence-corrected chi connectivity index (χ0v) is 6.40. The first-order valence-electron chi connectivity index (χ1n) is 4.00. The zero-order chi connectivity index (χ0) is 8.27. The average molecular weight is 159 g/mol. The summed E-state index contributed by atoms with van der Waals surface area (Å²) < 4.78 is 0. The molecule has 1 N–H and O–H groups in total. The van der Waals surface area contributed by atoms with Crippen LogP contribution in [0.2, 0.25) is 0 Å². The van der Waals surface area contributed by atoms with Gasteiger partial charge in [-0.25, -0.2) is 0 Å². The van der Waals surface area contributed by atoms with Crippen LogP contribution in [0.25, 0.3) is 0 Å². The fourth-order valence-electron chi connectivity index (χ4n) is 1.59. The van der Waals surface area contributed by atoms with Crippen LogP contribution in [-0.2, 0) is 0 Å². The molecule has 0 aliphatic heterocycles. The highest BCUT2D eigenvalue weighted by molar-refractivity contribution is 4.73. The molecule has 1 aliphatic rings. The first kappa shape index (κ1) is 8.46. The second-order valence-electron chi connectivity index (χ2n) is 3.13. The van der Waals surface area contributed by atoms with E-state index in [2.05, 4.69) is 0 Å². The minimum absolute atomic E-state index is 0.0683. The normalized spacial score (nSPS) is 31.7. The predicted molar refractivity (Wildman–Crippen MR) is 39.8 cm³/mol. The molecule has 4 nitrogen and oxygen atoms in total. The van der Waals surface area contributed by atoms with Crippen LogP contribution in [0.3, 0.4) is 0 Å². The Hall–Kier alpha value is -0.640. The molecule has 0 aromatic rings. The minimum Gasteiger partial charge on any atom is -0.393 e. The fourth-order valence-corrected chi connectivity index (χ4v) is 1.59. The van der Waals surface area contributed by atoms with E-state index in [1.54, 1.807) is 0 Å². The SMILES string of the molecule is O=[N+]([O-])CC1CCCCC1O. The molecule has 0 aromatic carbocycles. The van der Waals surface area contributed by atoms with Gasteiger partial charge in [0.05, 0.1) is 6.10 Å². The van der Waals surface area contributed by atoms with Gasteiger partial charge in [-0.05, 0) is 12.8 Å². The Labute approximate surface area is 65.4 Å². The minimum atomic E-state index is -0.436. The molecule has 1 fully saturated rings. The lowest BCUT2D eigenvalue weighted by molar-refractivity contribution is -0.491. The molecule has 0 heterocycles. The predicted octanol–water partition coefficient (Wildman–Crippen LogP) is 0.814. The highest BCUT2D eigenvalue weighted by Crippen LogP contribution is 2.24. The topological polar surface area (TPSA) is 63.4 Å².